The predicted molar refractivity (Wildman–Crippen MR) is 170 cm³/mol. The van der Waals surface area contributed by atoms with Gasteiger partial charge in [0.25, 0.3) is 6.43 Å². The van der Waals surface area contributed by atoms with Crippen LogP contribution in [0, 0.1) is 0 Å². The van der Waals surface area contributed by atoms with Crippen molar-refractivity contribution < 1.29 is 22.7 Å². The average Bonchev–Trinajstić information content (AvgIpc) is 3.00. The first-order chi connectivity index (χ1) is 21.1. The van der Waals surface area contributed by atoms with Gasteiger partial charge < -0.3 is 25.2 Å². The molecule has 44 heavy (non-hydrogen) atoms. The van der Waals surface area contributed by atoms with E-state index in [1.807, 2.05) is 38.7 Å². The normalized spacial score (nSPS) is 22.1. The maximum Gasteiger partial charge on any atom is 0.281 e. The molecule has 2 N–H and O–H groups in total. The molecule has 1 amide bonds. The zero-order valence-corrected chi connectivity index (χ0v) is 26.3. The first-order valence-electron chi connectivity index (χ1n) is 15.4. The first kappa shape index (κ1) is 33.5. The fourth-order valence-electron chi connectivity index (χ4n) is 6.04. The summed E-state index contributed by atoms with van der Waals surface area (Å²) in [6, 6.07) is 1.59. The molecule has 3 aliphatic heterocycles. The highest BCUT2D eigenvalue weighted by Gasteiger charge is 2.36. The van der Waals surface area contributed by atoms with Crippen LogP contribution in [0.4, 0.5) is 24.7 Å². The Bertz CT molecular complexity index is 1250. The van der Waals surface area contributed by atoms with Gasteiger partial charge in [-0.15, -0.1) is 0 Å². The van der Waals surface area contributed by atoms with Crippen molar-refractivity contribution >= 4 is 29.2 Å². The van der Waals surface area contributed by atoms with E-state index in [1.54, 1.807) is 17.1 Å². The molecule has 0 spiro atoms. The number of piperazine rings is 1. The molecule has 2 saturated heterocycles. The molecule has 242 valence electrons. The first-order valence-corrected chi connectivity index (χ1v) is 15.4. The third-order valence-corrected chi connectivity index (χ3v) is 8.61. The summed E-state index contributed by atoms with van der Waals surface area (Å²) in [5, 5.41) is 0. The highest BCUT2D eigenvalue weighted by Crippen LogP contribution is 2.37. The molecule has 2 atom stereocenters. The number of aromatic nitrogens is 1. The molecule has 4 rings (SSSR count). The average molecular weight is 618 g/mol. The van der Waals surface area contributed by atoms with E-state index in [0.29, 0.717) is 56.2 Å². The number of alkyl halides is 3. The van der Waals surface area contributed by atoms with Crippen LogP contribution in [0.1, 0.15) is 51.8 Å². The predicted octanol–water partition coefficient (Wildman–Crippen LogP) is 4.22. The number of allylic oxidation sites excluding steroid dienone is 1. The van der Waals surface area contributed by atoms with Gasteiger partial charge in [-0.05, 0) is 52.0 Å². The number of carbonyl (C=O) groups excluding carboxylic acids is 1. The quantitative estimate of drug-likeness (QED) is 0.352. The van der Waals surface area contributed by atoms with Crippen LogP contribution in [0.2, 0.25) is 0 Å². The van der Waals surface area contributed by atoms with Gasteiger partial charge in [0.1, 0.15) is 30.3 Å². The Morgan fingerprint density at radius 1 is 1.25 bits per heavy atom. The van der Waals surface area contributed by atoms with Crippen LogP contribution in [0.3, 0.4) is 0 Å². The molecule has 0 aliphatic carbocycles. The van der Waals surface area contributed by atoms with Crippen LogP contribution in [0.5, 0.6) is 0 Å². The van der Waals surface area contributed by atoms with Crippen LogP contribution < -0.4 is 15.5 Å². The third kappa shape index (κ3) is 7.46. The lowest BCUT2D eigenvalue weighted by atomic mass is 10.0. The summed E-state index contributed by atoms with van der Waals surface area (Å²) in [5.74, 6) is 0.420. The van der Waals surface area contributed by atoms with Crippen molar-refractivity contribution in [3.63, 3.8) is 0 Å². The lowest BCUT2D eigenvalue weighted by Gasteiger charge is -2.49. The summed E-state index contributed by atoms with van der Waals surface area (Å²) >= 11 is 0. The number of nitrogens with two attached hydrogens (primary N) is 1. The zero-order valence-electron chi connectivity index (χ0n) is 26.3. The number of halogens is 3. The van der Waals surface area contributed by atoms with Crippen LogP contribution in [0.25, 0.3) is 6.08 Å². The van der Waals surface area contributed by atoms with E-state index in [0.717, 1.165) is 24.4 Å². The van der Waals surface area contributed by atoms with E-state index in [2.05, 4.69) is 26.4 Å². The summed E-state index contributed by atoms with van der Waals surface area (Å²) < 4.78 is 48.4. The summed E-state index contributed by atoms with van der Waals surface area (Å²) in [4.78, 5) is 29.3. The summed E-state index contributed by atoms with van der Waals surface area (Å²) in [5.41, 5.74) is 8.02. The molecular formula is C32H46F3N7O2. The van der Waals surface area contributed by atoms with E-state index in [4.69, 9.17) is 10.5 Å². The van der Waals surface area contributed by atoms with Crippen molar-refractivity contribution in [2.24, 2.45) is 10.7 Å². The second-order valence-corrected chi connectivity index (χ2v) is 11.8. The molecule has 0 bridgehead atoms. The number of aliphatic imine (C=N–C) groups is 1. The van der Waals surface area contributed by atoms with Gasteiger partial charge >= 0.3 is 0 Å². The van der Waals surface area contributed by atoms with Crippen molar-refractivity contribution in [1.82, 2.24) is 14.8 Å². The van der Waals surface area contributed by atoms with Crippen molar-refractivity contribution in [2.75, 3.05) is 68.9 Å². The second kappa shape index (κ2) is 15.1. The highest BCUT2D eigenvalue weighted by molar-refractivity contribution is 6.03. The Kier molecular flexibility index (Phi) is 11.5. The Hall–Kier alpha value is -3.38. The minimum atomic E-state index is -2.75. The molecular weight excluding hydrogens is 571 g/mol. The molecule has 0 saturated carbocycles. The minimum Gasteiger partial charge on any atom is -0.404 e. The summed E-state index contributed by atoms with van der Waals surface area (Å²) in [6.07, 6.45) is 3.62. The van der Waals surface area contributed by atoms with E-state index in [1.165, 1.54) is 12.3 Å². The number of carbonyl (C=O) groups is 1. The zero-order chi connectivity index (χ0) is 32.0. The van der Waals surface area contributed by atoms with Gasteiger partial charge in [-0.3, -0.25) is 14.7 Å². The molecule has 1 aromatic heterocycles. The number of hydrogen-bond donors (Lipinski definition) is 1. The minimum absolute atomic E-state index is 0.0409. The van der Waals surface area contributed by atoms with Crippen molar-refractivity contribution in [3.8, 4) is 0 Å². The fourth-order valence-corrected chi connectivity index (χ4v) is 6.04. The summed E-state index contributed by atoms with van der Waals surface area (Å²) in [6.45, 7) is 15.5. The lowest BCUT2D eigenvalue weighted by molar-refractivity contribution is -0.128. The SMILES string of the molecule is C=CC(=O)N1CCN(C2CN(c3cc(N(CCC4OC[C@@H](CF)N=C4/C(C)=C\N)C(C)C)nc(C(F)F)c3/C=C\C)C2)CC1. The van der Waals surface area contributed by atoms with Gasteiger partial charge in [-0.25, -0.2) is 18.2 Å². The molecule has 1 aromatic rings. The number of nitrogens with zero attached hydrogens (tertiary/aromatic N) is 6. The van der Waals surface area contributed by atoms with E-state index in [-0.39, 0.29) is 30.3 Å². The molecule has 2 fully saturated rings. The van der Waals surface area contributed by atoms with Crippen LogP contribution in [0.15, 0.2) is 41.6 Å². The Morgan fingerprint density at radius 2 is 1.95 bits per heavy atom. The van der Waals surface area contributed by atoms with Crippen LogP contribution >= 0.6 is 0 Å². The van der Waals surface area contributed by atoms with Gasteiger partial charge in [0.2, 0.25) is 5.91 Å². The Morgan fingerprint density at radius 3 is 2.52 bits per heavy atom. The molecule has 1 unspecified atom stereocenters. The van der Waals surface area contributed by atoms with E-state index < -0.39 is 25.2 Å². The van der Waals surface area contributed by atoms with Gasteiger partial charge in [0, 0.05) is 75.2 Å². The number of amides is 1. The maximum absolute atomic E-state index is 14.5. The van der Waals surface area contributed by atoms with Crippen molar-refractivity contribution in [3.05, 3.63) is 47.8 Å². The number of hydrogen-bond acceptors (Lipinski definition) is 8. The lowest BCUT2D eigenvalue weighted by Crippen LogP contribution is -2.63. The van der Waals surface area contributed by atoms with Crippen molar-refractivity contribution in [2.45, 2.75) is 64.8 Å². The second-order valence-electron chi connectivity index (χ2n) is 11.8. The third-order valence-electron chi connectivity index (χ3n) is 8.61. The smallest absolute Gasteiger partial charge is 0.281 e. The summed E-state index contributed by atoms with van der Waals surface area (Å²) in [7, 11) is 0. The van der Waals surface area contributed by atoms with Gasteiger partial charge in [0.05, 0.1) is 12.3 Å². The number of pyridine rings is 1. The van der Waals surface area contributed by atoms with E-state index in [9.17, 15) is 18.0 Å². The van der Waals surface area contributed by atoms with E-state index >= 15 is 0 Å². The number of anilines is 2. The van der Waals surface area contributed by atoms with Crippen LogP contribution in [-0.2, 0) is 9.53 Å². The monoisotopic (exact) mass is 617 g/mol. The number of rotatable bonds is 12. The Balaban J connectivity index is 1.56. The largest absolute Gasteiger partial charge is 0.404 e. The molecule has 0 radical (unpaired) electrons. The maximum atomic E-state index is 14.5. The topological polar surface area (TPSA) is 90.5 Å². The van der Waals surface area contributed by atoms with Gasteiger partial charge in [-0.2, -0.15) is 0 Å². The molecule has 12 heteroatoms. The molecule has 9 nitrogen and oxygen atoms in total. The molecule has 0 aromatic carbocycles. The van der Waals surface area contributed by atoms with Gasteiger partial charge in [-0.1, -0.05) is 18.7 Å². The fraction of sp³-hybridized carbons (Fsp3) is 0.594. The molecule has 3 aliphatic rings. The standard InChI is InChI=1S/C32H46F3N7O2/c1-6-8-25-26(41-18-24(19-41)39-11-13-40(14-12-39)29(43)7-2)15-28(38-31(25)32(34)35)42(21(3)4)10-9-27-30(22(5)17-36)37-23(16-33)20-44-27/h6-8,15,17,21,23-24,27,32H,2,9-14,16,18-20,36H2,1,3-5H3/b8-6-,22-17-/t23-,27?/m1/s1. The molecule has 4 heterocycles. The van der Waals surface area contributed by atoms with Crippen LogP contribution in [-0.4, -0.2) is 110 Å². The Labute approximate surface area is 258 Å². The highest BCUT2D eigenvalue weighted by atomic mass is 19.3. The van der Waals surface area contributed by atoms with Gasteiger partial charge in [0.15, 0.2) is 0 Å². The number of ether oxygens (including phenoxy) is 1. The van der Waals surface area contributed by atoms with Crippen molar-refractivity contribution in [1.29, 1.82) is 0 Å².